The van der Waals surface area contributed by atoms with Crippen LogP contribution < -0.4 is 0 Å². The van der Waals surface area contributed by atoms with Gasteiger partial charge in [0.05, 0.1) is 11.6 Å². The van der Waals surface area contributed by atoms with E-state index in [2.05, 4.69) is 15.1 Å². The van der Waals surface area contributed by atoms with Gasteiger partial charge in [0, 0.05) is 13.7 Å². The molecule has 0 N–H and O–H groups in total. The van der Waals surface area contributed by atoms with Crippen molar-refractivity contribution in [3.63, 3.8) is 0 Å². The average molecular weight is 253 g/mol. The van der Waals surface area contributed by atoms with Crippen LogP contribution in [0.3, 0.4) is 0 Å². The molecule has 0 aromatic carbocycles. The number of hydrogen-bond acceptors (Lipinski definition) is 4. The third-order valence-corrected chi connectivity index (χ3v) is 3.16. The van der Waals surface area contributed by atoms with Crippen molar-refractivity contribution >= 4 is 22.6 Å². The van der Waals surface area contributed by atoms with E-state index in [4.69, 9.17) is 16.3 Å². The van der Waals surface area contributed by atoms with E-state index in [-0.39, 0.29) is 0 Å². The molecular weight excluding hydrogens is 240 g/mol. The molecule has 0 saturated heterocycles. The van der Waals surface area contributed by atoms with Crippen molar-refractivity contribution in [2.45, 2.75) is 19.4 Å². The molecule has 5 nitrogen and oxygen atoms in total. The molecule has 2 aromatic heterocycles. The molecule has 1 saturated carbocycles. The third kappa shape index (κ3) is 2.25. The highest BCUT2D eigenvalue weighted by Crippen LogP contribution is 2.29. The lowest BCUT2D eigenvalue weighted by molar-refractivity contribution is 0.106. The molecule has 6 heteroatoms. The van der Waals surface area contributed by atoms with Crippen molar-refractivity contribution < 1.29 is 4.74 Å². The maximum atomic E-state index is 6.07. The Morgan fingerprint density at radius 3 is 3.06 bits per heavy atom. The zero-order valence-corrected chi connectivity index (χ0v) is 10.3. The summed E-state index contributed by atoms with van der Waals surface area (Å²) in [6, 6.07) is 0. The fourth-order valence-electron chi connectivity index (χ4n) is 1.70. The van der Waals surface area contributed by atoms with Crippen LogP contribution in [0.5, 0.6) is 0 Å². The number of hydrogen-bond donors (Lipinski definition) is 0. The van der Waals surface area contributed by atoms with Gasteiger partial charge in [0.15, 0.2) is 11.5 Å². The molecule has 0 unspecified atom stereocenters. The third-order valence-electron chi connectivity index (χ3n) is 2.87. The molecule has 0 amide bonds. The molecule has 1 aliphatic rings. The second kappa shape index (κ2) is 4.23. The SMILES string of the molecule is Cn1ncc2c(Cl)nc(COCC3CC3)nc21. The van der Waals surface area contributed by atoms with E-state index in [1.54, 1.807) is 10.9 Å². The van der Waals surface area contributed by atoms with Crippen LogP contribution in [0, 0.1) is 5.92 Å². The van der Waals surface area contributed by atoms with Gasteiger partial charge in [-0.3, -0.25) is 4.68 Å². The van der Waals surface area contributed by atoms with Gasteiger partial charge in [-0.25, -0.2) is 9.97 Å². The number of aromatic nitrogens is 4. The van der Waals surface area contributed by atoms with Crippen LogP contribution >= 0.6 is 11.6 Å². The van der Waals surface area contributed by atoms with Crippen molar-refractivity contribution in [3.8, 4) is 0 Å². The van der Waals surface area contributed by atoms with Crippen molar-refractivity contribution in [1.29, 1.82) is 0 Å². The predicted octanol–water partition coefficient (Wildman–Crippen LogP) is 1.94. The van der Waals surface area contributed by atoms with Crippen LogP contribution in [0.15, 0.2) is 6.20 Å². The Labute approximate surface area is 104 Å². The standard InChI is InChI=1S/C11H13ClN4O/c1-16-11-8(4-13-16)10(12)14-9(15-11)6-17-5-7-2-3-7/h4,7H,2-3,5-6H2,1H3. The molecular formula is C11H13ClN4O. The van der Waals surface area contributed by atoms with Gasteiger partial charge in [0.2, 0.25) is 0 Å². The first-order chi connectivity index (χ1) is 8.24. The molecule has 0 bridgehead atoms. The van der Waals surface area contributed by atoms with Crippen LogP contribution in [0.4, 0.5) is 0 Å². The number of aryl methyl sites for hydroxylation is 1. The van der Waals surface area contributed by atoms with Crippen molar-refractivity contribution in [1.82, 2.24) is 19.7 Å². The smallest absolute Gasteiger partial charge is 0.162 e. The molecule has 17 heavy (non-hydrogen) atoms. The van der Waals surface area contributed by atoms with E-state index in [1.807, 2.05) is 7.05 Å². The molecule has 0 spiro atoms. The number of ether oxygens (including phenoxy) is 1. The Balaban J connectivity index is 1.80. The van der Waals surface area contributed by atoms with Gasteiger partial charge in [-0.05, 0) is 18.8 Å². The van der Waals surface area contributed by atoms with Gasteiger partial charge in [-0.15, -0.1) is 0 Å². The van der Waals surface area contributed by atoms with Gasteiger partial charge >= 0.3 is 0 Å². The second-order valence-corrected chi connectivity index (χ2v) is 4.75. The summed E-state index contributed by atoms with van der Waals surface area (Å²) < 4.78 is 7.24. The van der Waals surface area contributed by atoms with Gasteiger partial charge in [-0.1, -0.05) is 11.6 Å². The molecule has 0 aliphatic heterocycles. The highest BCUT2D eigenvalue weighted by atomic mass is 35.5. The molecule has 3 rings (SSSR count). The molecule has 0 radical (unpaired) electrons. The summed E-state index contributed by atoms with van der Waals surface area (Å²) in [5.41, 5.74) is 0.745. The normalized spacial score (nSPS) is 15.6. The van der Waals surface area contributed by atoms with Crippen LogP contribution in [-0.4, -0.2) is 26.4 Å². The summed E-state index contributed by atoms with van der Waals surface area (Å²) in [5.74, 6) is 1.36. The van der Waals surface area contributed by atoms with Crippen molar-refractivity contribution in [3.05, 3.63) is 17.2 Å². The Kier molecular flexibility index (Phi) is 2.72. The number of rotatable bonds is 4. The lowest BCUT2D eigenvalue weighted by atomic mass is 10.4. The van der Waals surface area contributed by atoms with Crippen molar-refractivity contribution in [2.24, 2.45) is 13.0 Å². The largest absolute Gasteiger partial charge is 0.373 e. The van der Waals surface area contributed by atoms with E-state index in [0.29, 0.717) is 17.6 Å². The minimum atomic E-state index is 0.414. The van der Waals surface area contributed by atoms with E-state index < -0.39 is 0 Å². The second-order valence-electron chi connectivity index (χ2n) is 4.39. The summed E-state index contributed by atoms with van der Waals surface area (Å²) in [5, 5.41) is 5.32. The lowest BCUT2D eigenvalue weighted by Crippen LogP contribution is -2.03. The fourth-order valence-corrected chi connectivity index (χ4v) is 1.93. The van der Waals surface area contributed by atoms with Crippen LogP contribution in [0.2, 0.25) is 5.15 Å². The molecule has 0 atom stereocenters. The Hall–Kier alpha value is -1.20. The molecule has 90 valence electrons. The zero-order chi connectivity index (χ0) is 11.8. The summed E-state index contributed by atoms with van der Waals surface area (Å²) in [4.78, 5) is 8.60. The molecule has 1 fully saturated rings. The predicted molar refractivity (Wildman–Crippen MR) is 63.7 cm³/mol. The Morgan fingerprint density at radius 2 is 2.29 bits per heavy atom. The average Bonchev–Trinajstić information content (AvgIpc) is 3.04. The minimum absolute atomic E-state index is 0.414. The maximum Gasteiger partial charge on any atom is 0.162 e. The van der Waals surface area contributed by atoms with Gasteiger partial charge in [-0.2, -0.15) is 5.10 Å². The Morgan fingerprint density at radius 1 is 1.47 bits per heavy atom. The Bertz CT molecular complexity index is 550. The molecule has 2 heterocycles. The highest BCUT2D eigenvalue weighted by Gasteiger charge is 2.21. The van der Waals surface area contributed by atoms with Crippen LogP contribution in [0.25, 0.3) is 11.0 Å². The molecule has 2 aromatic rings. The van der Waals surface area contributed by atoms with E-state index in [9.17, 15) is 0 Å². The van der Waals surface area contributed by atoms with Crippen molar-refractivity contribution in [2.75, 3.05) is 6.61 Å². The van der Waals surface area contributed by atoms with E-state index in [0.717, 1.165) is 23.6 Å². The van der Waals surface area contributed by atoms with Crippen LogP contribution in [-0.2, 0) is 18.4 Å². The number of fused-ring (bicyclic) bond motifs is 1. The summed E-state index contributed by atoms with van der Waals surface area (Å²) in [6.45, 7) is 1.21. The topological polar surface area (TPSA) is 52.8 Å². The summed E-state index contributed by atoms with van der Waals surface area (Å²) in [6.07, 6.45) is 4.23. The van der Waals surface area contributed by atoms with Gasteiger partial charge in [0.1, 0.15) is 11.8 Å². The van der Waals surface area contributed by atoms with E-state index >= 15 is 0 Å². The van der Waals surface area contributed by atoms with Gasteiger partial charge < -0.3 is 4.74 Å². The first-order valence-electron chi connectivity index (χ1n) is 5.66. The number of nitrogens with zero attached hydrogens (tertiary/aromatic N) is 4. The first-order valence-corrected chi connectivity index (χ1v) is 6.03. The summed E-state index contributed by atoms with van der Waals surface area (Å²) in [7, 11) is 1.83. The summed E-state index contributed by atoms with van der Waals surface area (Å²) >= 11 is 6.07. The lowest BCUT2D eigenvalue weighted by Gasteiger charge is -2.03. The minimum Gasteiger partial charge on any atom is -0.373 e. The first kappa shape index (κ1) is 10.9. The monoisotopic (exact) mass is 252 g/mol. The van der Waals surface area contributed by atoms with Crippen LogP contribution in [0.1, 0.15) is 18.7 Å². The fraction of sp³-hybridized carbons (Fsp3) is 0.545. The quantitative estimate of drug-likeness (QED) is 0.781. The number of halogens is 1. The van der Waals surface area contributed by atoms with Gasteiger partial charge in [0.25, 0.3) is 0 Å². The zero-order valence-electron chi connectivity index (χ0n) is 9.56. The molecule has 1 aliphatic carbocycles. The maximum absolute atomic E-state index is 6.07. The van der Waals surface area contributed by atoms with E-state index in [1.165, 1.54) is 12.8 Å². The highest BCUT2D eigenvalue weighted by molar-refractivity contribution is 6.33.